The van der Waals surface area contributed by atoms with Gasteiger partial charge in [0.05, 0.1) is 6.10 Å². The quantitative estimate of drug-likeness (QED) is 0.776. The van der Waals surface area contributed by atoms with Gasteiger partial charge in [-0.05, 0) is 12.0 Å². The van der Waals surface area contributed by atoms with Gasteiger partial charge in [-0.15, -0.1) is 0 Å². The second kappa shape index (κ2) is 6.85. The number of aliphatic hydroxyl groups excluding tert-OH is 1. The molecule has 1 heterocycles. The molecule has 1 aromatic carbocycles. The van der Waals surface area contributed by atoms with Gasteiger partial charge in [-0.3, -0.25) is 4.90 Å². The van der Waals surface area contributed by atoms with Crippen LogP contribution >= 0.6 is 0 Å². The lowest BCUT2D eigenvalue weighted by Crippen LogP contribution is -2.43. The Labute approximate surface area is 126 Å². The Balaban J connectivity index is 1.97. The number of likely N-dealkylation sites (tertiary alicyclic amines) is 1. The second-order valence-corrected chi connectivity index (χ2v) is 7.56. The van der Waals surface area contributed by atoms with Crippen LogP contribution in [0.25, 0.3) is 0 Å². The molecule has 7 heteroatoms. The van der Waals surface area contributed by atoms with Gasteiger partial charge in [-0.2, -0.15) is 12.7 Å². The zero-order chi connectivity index (χ0) is 15.5. The predicted octanol–water partition coefficient (Wildman–Crippen LogP) is 0.0178. The van der Waals surface area contributed by atoms with Gasteiger partial charge < -0.3 is 5.11 Å². The van der Waals surface area contributed by atoms with Gasteiger partial charge >= 0.3 is 0 Å². The average Bonchev–Trinajstić information content (AvgIpc) is 2.77. The molecule has 1 aromatic rings. The Morgan fingerprint density at radius 3 is 2.62 bits per heavy atom. The molecule has 1 aliphatic heterocycles. The van der Waals surface area contributed by atoms with E-state index in [1.165, 1.54) is 14.1 Å². The van der Waals surface area contributed by atoms with Crippen molar-refractivity contribution in [1.29, 1.82) is 0 Å². The number of β-amino-alcohol motifs (C(OH)–C–C–N with tert-alkyl or cyclic N) is 1. The largest absolute Gasteiger partial charge is 0.392 e. The van der Waals surface area contributed by atoms with Gasteiger partial charge in [0.1, 0.15) is 0 Å². The molecular formula is C14H23N3O3S. The third-order valence-corrected chi connectivity index (χ3v) is 5.21. The summed E-state index contributed by atoms with van der Waals surface area (Å²) in [4.78, 5) is 2.12. The maximum absolute atomic E-state index is 11.8. The fourth-order valence-electron chi connectivity index (χ4n) is 2.51. The number of nitrogens with one attached hydrogen (secondary N) is 1. The molecule has 0 spiro atoms. The van der Waals surface area contributed by atoms with Crippen LogP contribution in [0.15, 0.2) is 30.3 Å². The van der Waals surface area contributed by atoms with Crippen LogP contribution in [0.5, 0.6) is 0 Å². The van der Waals surface area contributed by atoms with E-state index in [1.807, 2.05) is 30.3 Å². The maximum atomic E-state index is 11.8. The molecule has 2 rings (SSSR count). The highest BCUT2D eigenvalue weighted by atomic mass is 32.2. The Morgan fingerprint density at radius 1 is 1.33 bits per heavy atom. The zero-order valence-corrected chi connectivity index (χ0v) is 13.3. The van der Waals surface area contributed by atoms with Crippen molar-refractivity contribution in [2.24, 2.45) is 0 Å². The number of hydrogen-bond donors (Lipinski definition) is 2. The van der Waals surface area contributed by atoms with Crippen LogP contribution in [-0.4, -0.2) is 62.1 Å². The van der Waals surface area contributed by atoms with Crippen LogP contribution in [0.4, 0.5) is 0 Å². The highest BCUT2D eigenvalue weighted by Crippen LogP contribution is 2.20. The molecule has 2 atom stereocenters. The first-order chi connectivity index (χ1) is 9.88. The van der Waals surface area contributed by atoms with Crippen molar-refractivity contribution in [3.63, 3.8) is 0 Å². The summed E-state index contributed by atoms with van der Waals surface area (Å²) in [6.07, 6.45) is 0.186. The van der Waals surface area contributed by atoms with Gasteiger partial charge in [0.25, 0.3) is 10.2 Å². The molecule has 0 unspecified atom stereocenters. The number of benzene rings is 1. The van der Waals surface area contributed by atoms with Crippen molar-refractivity contribution in [3.05, 3.63) is 35.9 Å². The molecule has 1 saturated heterocycles. The lowest BCUT2D eigenvalue weighted by atomic mass is 10.2. The molecule has 2 N–H and O–H groups in total. The van der Waals surface area contributed by atoms with Gasteiger partial charge in [0.15, 0.2) is 0 Å². The van der Waals surface area contributed by atoms with Gasteiger partial charge in [0.2, 0.25) is 0 Å². The maximum Gasteiger partial charge on any atom is 0.278 e. The minimum absolute atomic E-state index is 0.00920. The van der Waals surface area contributed by atoms with Crippen LogP contribution in [0.1, 0.15) is 12.0 Å². The van der Waals surface area contributed by atoms with Gasteiger partial charge in [0, 0.05) is 39.8 Å². The highest BCUT2D eigenvalue weighted by Gasteiger charge is 2.31. The standard InChI is InChI=1S/C14H23N3O3S/c1-16(2)21(19,20)15-9-13-8-14(18)11-17(13)10-12-6-4-3-5-7-12/h3-7,13-15,18H,8-11H2,1-2H3/t13-,14-/m1/s1. The average molecular weight is 313 g/mol. The monoisotopic (exact) mass is 313 g/mol. The van der Waals surface area contributed by atoms with E-state index >= 15 is 0 Å². The summed E-state index contributed by atoms with van der Waals surface area (Å²) in [6.45, 7) is 1.60. The number of rotatable bonds is 6. The molecule has 118 valence electrons. The number of aliphatic hydroxyl groups is 1. The lowest BCUT2D eigenvalue weighted by molar-refractivity contribution is 0.172. The predicted molar refractivity (Wildman–Crippen MR) is 81.9 cm³/mol. The van der Waals surface area contributed by atoms with Crippen molar-refractivity contribution in [3.8, 4) is 0 Å². The summed E-state index contributed by atoms with van der Waals surface area (Å²) in [5.41, 5.74) is 1.16. The summed E-state index contributed by atoms with van der Waals surface area (Å²) in [5, 5.41) is 9.86. The number of hydrogen-bond acceptors (Lipinski definition) is 4. The van der Waals surface area contributed by atoms with E-state index in [0.717, 1.165) is 9.87 Å². The van der Waals surface area contributed by atoms with Crippen LogP contribution in [0.2, 0.25) is 0 Å². The normalized spacial score (nSPS) is 23.8. The topological polar surface area (TPSA) is 72.9 Å². The molecule has 0 aromatic heterocycles. The summed E-state index contributed by atoms with van der Waals surface area (Å²) in [7, 11) is -0.437. The molecule has 1 fully saturated rings. The summed E-state index contributed by atoms with van der Waals surface area (Å²) >= 11 is 0. The van der Waals surface area contributed by atoms with E-state index in [2.05, 4.69) is 9.62 Å². The Morgan fingerprint density at radius 2 is 2.00 bits per heavy atom. The van der Waals surface area contributed by atoms with Crippen molar-refractivity contribution in [1.82, 2.24) is 13.9 Å². The molecule has 0 amide bonds. The van der Waals surface area contributed by atoms with Crippen molar-refractivity contribution in [2.75, 3.05) is 27.2 Å². The molecule has 0 aliphatic carbocycles. The minimum atomic E-state index is -3.42. The Hall–Kier alpha value is -0.990. The number of nitrogens with zero attached hydrogens (tertiary/aromatic N) is 2. The first kappa shape index (κ1) is 16.4. The third kappa shape index (κ3) is 4.49. The first-order valence-electron chi connectivity index (χ1n) is 7.01. The molecular weight excluding hydrogens is 290 g/mol. The zero-order valence-electron chi connectivity index (χ0n) is 12.4. The van der Waals surface area contributed by atoms with E-state index in [4.69, 9.17) is 0 Å². The molecule has 0 radical (unpaired) electrons. The molecule has 6 nitrogen and oxygen atoms in total. The molecule has 21 heavy (non-hydrogen) atoms. The second-order valence-electron chi connectivity index (χ2n) is 5.59. The molecule has 1 aliphatic rings. The van der Waals surface area contributed by atoms with E-state index in [9.17, 15) is 13.5 Å². The first-order valence-corrected chi connectivity index (χ1v) is 8.45. The Bertz CT molecular complexity index is 548. The van der Waals surface area contributed by atoms with Crippen molar-refractivity contribution in [2.45, 2.75) is 25.1 Å². The van der Waals surface area contributed by atoms with Crippen LogP contribution in [0.3, 0.4) is 0 Å². The summed E-state index contributed by atoms with van der Waals surface area (Å²) < 4.78 is 27.3. The van der Waals surface area contributed by atoms with E-state index in [-0.39, 0.29) is 6.04 Å². The Kier molecular flexibility index (Phi) is 5.34. The SMILES string of the molecule is CN(C)S(=O)(=O)NC[C@H]1C[C@@H](O)CN1Cc1ccccc1. The summed E-state index contributed by atoms with van der Waals surface area (Å²) in [6, 6.07) is 10.00. The third-order valence-electron chi connectivity index (χ3n) is 3.72. The van der Waals surface area contributed by atoms with E-state index in [1.54, 1.807) is 0 Å². The van der Waals surface area contributed by atoms with Crippen molar-refractivity contribution < 1.29 is 13.5 Å². The van der Waals surface area contributed by atoms with Crippen LogP contribution < -0.4 is 4.72 Å². The lowest BCUT2D eigenvalue weighted by Gasteiger charge is -2.25. The van der Waals surface area contributed by atoms with E-state index < -0.39 is 16.3 Å². The van der Waals surface area contributed by atoms with E-state index in [0.29, 0.717) is 26.1 Å². The van der Waals surface area contributed by atoms with Crippen LogP contribution in [0, 0.1) is 0 Å². The molecule has 0 saturated carbocycles. The fourth-order valence-corrected chi connectivity index (χ4v) is 3.17. The fraction of sp³-hybridized carbons (Fsp3) is 0.571. The summed E-state index contributed by atoms with van der Waals surface area (Å²) in [5.74, 6) is 0. The highest BCUT2D eigenvalue weighted by molar-refractivity contribution is 7.87. The minimum Gasteiger partial charge on any atom is -0.392 e. The van der Waals surface area contributed by atoms with Gasteiger partial charge in [-0.1, -0.05) is 30.3 Å². The molecule has 0 bridgehead atoms. The van der Waals surface area contributed by atoms with Crippen molar-refractivity contribution >= 4 is 10.2 Å². The van der Waals surface area contributed by atoms with Crippen LogP contribution in [-0.2, 0) is 16.8 Å². The smallest absolute Gasteiger partial charge is 0.278 e. The van der Waals surface area contributed by atoms with Gasteiger partial charge in [-0.25, -0.2) is 4.72 Å².